The van der Waals surface area contributed by atoms with Crippen molar-refractivity contribution in [3.8, 4) is 0 Å². The van der Waals surface area contributed by atoms with E-state index in [0.717, 1.165) is 51.4 Å². The topological polar surface area (TPSA) is 210 Å². The van der Waals surface area contributed by atoms with Gasteiger partial charge in [0, 0.05) is 12.8 Å². The van der Waals surface area contributed by atoms with E-state index in [1.165, 1.54) is 0 Å². The smallest absolute Gasteiger partial charge is 0.434 e. The normalized spacial score (nSPS) is 18.3. The number of hydrogen-bond donors (Lipinski definition) is 0. The maximum atomic E-state index is 12.5. The van der Waals surface area contributed by atoms with Crippen molar-refractivity contribution >= 4 is 47.8 Å². The summed E-state index contributed by atoms with van der Waals surface area (Å²) < 4.78 is 260. The zero-order chi connectivity index (χ0) is 75.8. The Morgan fingerprint density at radius 2 is 0.612 bits per heavy atom. The van der Waals surface area contributed by atoms with Gasteiger partial charge in [-0.1, -0.05) is 41.5 Å². The van der Waals surface area contributed by atoms with E-state index in [-0.39, 0.29) is 56.4 Å². The van der Waals surface area contributed by atoms with Gasteiger partial charge in [0.25, 0.3) is 12.2 Å². The lowest BCUT2D eigenvalue weighted by Crippen LogP contribution is -2.47. The van der Waals surface area contributed by atoms with E-state index in [4.69, 9.17) is 18.9 Å². The molecule has 4 aliphatic rings. The number of hydrogen-bond acceptors (Lipinski definition) is 16. The largest absolute Gasteiger partial charge is 0.459 e. The Morgan fingerprint density at radius 3 is 0.867 bits per heavy atom. The Bertz CT molecular complexity index is 2490. The average Bonchev–Trinajstić information content (AvgIpc) is 1.20. The first-order valence-electron chi connectivity index (χ1n) is 32.6. The molecule has 98 heavy (non-hydrogen) atoms. The van der Waals surface area contributed by atoms with E-state index in [2.05, 4.69) is 18.9 Å². The minimum atomic E-state index is -5.78. The fraction of sp³-hybridized carbons (Fsp3) is 0.875. The minimum absolute atomic E-state index is 0.0985. The number of rotatable bonds is 28. The minimum Gasteiger partial charge on any atom is -0.459 e. The predicted octanol–water partition coefficient (Wildman–Crippen LogP) is 17.7. The number of esters is 8. The van der Waals surface area contributed by atoms with Crippen LogP contribution in [0.2, 0.25) is 0 Å². The van der Waals surface area contributed by atoms with Crippen LogP contribution in [-0.2, 0) is 76.3 Å². The molecule has 0 amide bonds. The van der Waals surface area contributed by atoms with E-state index in [1.807, 2.05) is 27.7 Å². The summed E-state index contributed by atoms with van der Waals surface area (Å²) in [5.74, 6) is -7.61. The SMILES string of the molecule is CCC(C)(C)C(=O)OC1(CC(=O)OC(C(F)(F)F)C(F)(F)F)CCCC1.CCC(C)(C)C(=O)OC1(CCCC(=O)OCC(F)(F)F)CCCC1.CCC(C)C(=O)OC1(CC(=O)OC(C(F)(F)F)C(F)(F)F)CCCC1.CCC(C)C(=O)OC1(CCCC(=O)OCC(F)(F)F)CCCC1. The molecule has 0 radical (unpaired) electrons. The third-order valence-electron chi connectivity index (χ3n) is 17.7. The summed E-state index contributed by atoms with van der Waals surface area (Å²) >= 11 is 0. The van der Waals surface area contributed by atoms with Gasteiger partial charge in [-0.05, 0) is 182 Å². The van der Waals surface area contributed by atoms with Gasteiger partial charge < -0.3 is 37.9 Å². The summed E-state index contributed by atoms with van der Waals surface area (Å²) in [6, 6.07) is 0. The molecule has 0 spiro atoms. The van der Waals surface area contributed by atoms with Crippen molar-refractivity contribution in [3.63, 3.8) is 0 Å². The summed E-state index contributed by atoms with van der Waals surface area (Å²) in [4.78, 5) is 94.7. The number of carbonyl (C=O) groups excluding carboxylic acids is 8. The van der Waals surface area contributed by atoms with Gasteiger partial charge in [0.1, 0.15) is 22.4 Å². The summed E-state index contributed by atoms with van der Waals surface area (Å²) in [6.45, 7) is 14.4. The third kappa shape index (κ3) is 32.9. The summed E-state index contributed by atoms with van der Waals surface area (Å²) in [5.41, 5.74) is -5.44. The average molecular weight is 1460 g/mol. The molecule has 4 rings (SSSR count). The molecule has 0 saturated heterocycles. The van der Waals surface area contributed by atoms with Crippen molar-refractivity contribution in [2.24, 2.45) is 22.7 Å². The van der Waals surface area contributed by atoms with Crippen LogP contribution in [0.4, 0.5) is 79.0 Å². The molecule has 4 fully saturated rings. The van der Waals surface area contributed by atoms with Gasteiger partial charge in [0.2, 0.25) is 0 Å². The highest BCUT2D eigenvalue weighted by molar-refractivity contribution is 5.78. The summed E-state index contributed by atoms with van der Waals surface area (Å²) in [5, 5.41) is 0. The first-order chi connectivity index (χ1) is 44.6. The summed E-state index contributed by atoms with van der Waals surface area (Å²) in [6.07, 6.45) is -28.9. The molecule has 0 bridgehead atoms. The maximum absolute atomic E-state index is 12.5. The highest BCUT2D eigenvalue weighted by Crippen LogP contribution is 2.45. The quantitative estimate of drug-likeness (QED) is 0.0405. The van der Waals surface area contributed by atoms with Gasteiger partial charge in [0.15, 0.2) is 13.2 Å². The van der Waals surface area contributed by atoms with E-state index >= 15 is 0 Å². The number of carbonyl (C=O) groups is 8. The molecule has 16 nitrogen and oxygen atoms in total. The molecule has 0 aliphatic heterocycles. The van der Waals surface area contributed by atoms with Crippen LogP contribution >= 0.6 is 0 Å². The monoisotopic (exact) mass is 1460 g/mol. The standard InChI is InChI=1S/C17H27F3O4.C16H22F6O4.C16H25F3O4.C15H20F6O4/c1-4-15(2,3)14(22)24-16(9-5-6-10-16)11-7-8-13(21)23-12-17(18,19)20;1-4-13(2,3)12(24)26-14(7-5-6-8-14)9-10(23)25-11(15(17,18)19)16(20,21)22;1-3-12(2)14(21)23-15(8-4-5-9-15)10-6-7-13(20)22-11-16(17,18)19;1-3-9(2)11(23)25-13(6-4-5-7-13)8-10(22)24-12(14(16,17)18)15(19,20)21/h4-12H2,1-3H3;11H,4-9H2,1-3H3;12H,3-11H2,1-2H3;9,12H,3-8H2,1-2H3. The Hall–Kier alpha value is -5.50. The lowest BCUT2D eigenvalue weighted by Gasteiger charge is -2.33. The zero-order valence-electron chi connectivity index (χ0n) is 56.9. The van der Waals surface area contributed by atoms with Crippen molar-refractivity contribution in [1.82, 2.24) is 0 Å². The lowest BCUT2D eigenvalue weighted by atomic mass is 9.89. The molecule has 0 aromatic heterocycles. The van der Waals surface area contributed by atoms with Crippen molar-refractivity contribution in [2.75, 3.05) is 13.2 Å². The lowest BCUT2D eigenvalue weighted by molar-refractivity contribution is -0.314. The van der Waals surface area contributed by atoms with E-state index in [0.29, 0.717) is 77.0 Å². The van der Waals surface area contributed by atoms with Gasteiger partial charge in [-0.2, -0.15) is 79.0 Å². The van der Waals surface area contributed by atoms with Crippen LogP contribution in [0.25, 0.3) is 0 Å². The van der Waals surface area contributed by atoms with Crippen LogP contribution in [-0.4, -0.2) is 133 Å². The zero-order valence-corrected chi connectivity index (χ0v) is 56.9. The molecule has 0 N–H and O–H groups in total. The summed E-state index contributed by atoms with van der Waals surface area (Å²) in [7, 11) is 0. The van der Waals surface area contributed by atoms with Gasteiger partial charge >= 0.3 is 84.8 Å². The van der Waals surface area contributed by atoms with Crippen LogP contribution in [0.1, 0.15) is 249 Å². The van der Waals surface area contributed by atoms with Crippen molar-refractivity contribution in [2.45, 2.75) is 321 Å². The molecule has 0 aromatic carbocycles. The second kappa shape index (κ2) is 38.0. The fourth-order valence-corrected chi connectivity index (χ4v) is 10.5. The van der Waals surface area contributed by atoms with E-state index in [9.17, 15) is 117 Å². The fourth-order valence-electron chi connectivity index (χ4n) is 10.5. The molecule has 572 valence electrons. The molecule has 0 aromatic rings. The van der Waals surface area contributed by atoms with Gasteiger partial charge in [-0.25, -0.2) is 0 Å². The highest BCUT2D eigenvalue weighted by Gasteiger charge is 2.62. The van der Waals surface area contributed by atoms with Crippen LogP contribution < -0.4 is 0 Å². The molecule has 4 aliphatic carbocycles. The molecule has 34 heteroatoms. The van der Waals surface area contributed by atoms with Crippen molar-refractivity contribution in [3.05, 3.63) is 0 Å². The first-order valence-corrected chi connectivity index (χ1v) is 32.6. The molecular weight excluding hydrogens is 1370 g/mol. The van der Waals surface area contributed by atoms with Crippen LogP contribution in [0.15, 0.2) is 0 Å². The highest BCUT2D eigenvalue weighted by atomic mass is 19.4. The van der Waals surface area contributed by atoms with Crippen LogP contribution in [0.3, 0.4) is 0 Å². The van der Waals surface area contributed by atoms with Crippen molar-refractivity contribution < 1.29 is 155 Å². The Balaban J connectivity index is 0.000000654. The van der Waals surface area contributed by atoms with Crippen LogP contribution in [0, 0.1) is 22.7 Å². The number of alkyl halides is 18. The van der Waals surface area contributed by atoms with E-state index < -0.39 is 150 Å². The maximum Gasteiger partial charge on any atom is 0.434 e. The van der Waals surface area contributed by atoms with Gasteiger partial charge in [-0.3, -0.25) is 38.4 Å². The first kappa shape index (κ1) is 90.5. The second-order valence-corrected chi connectivity index (χ2v) is 26.8. The molecule has 0 heterocycles. The van der Waals surface area contributed by atoms with Crippen LogP contribution in [0.5, 0.6) is 0 Å². The number of halogens is 18. The Morgan fingerprint density at radius 1 is 0.367 bits per heavy atom. The van der Waals surface area contributed by atoms with Gasteiger partial charge in [-0.15, -0.1) is 0 Å². The molecular formula is C64H94F18O16. The number of ether oxygens (including phenoxy) is 8. The molecule has 4 saturated carbocycles. The van der Waals surface area contributed by atoms with E-state index in [1.54, 1.807) is 41.5 Å². The molecule has 2 atom stereocenters. The third-order valence-corrected chi connectivity index (χ3v) is 17.7. The second-order valence-electron chi connectivity index (χ2n) is 26.8. The predicted molar refractivity (Wildman–Crippen MR) is 311 cm³/mol. The molecule has 2 unspecified atom stereocenters. The Kier molecular flexibility index (Phi) is 35.1. The Labute approximate surface area is 558 Å². The van der Waals surface area contributed by atoms with Gasteiger partial charge in [0.05, 0.1) is 35.5 Å². The van der Waals surface area contributed by atoms with Crippen molar-refractivity contribution in [1.29, 1.82) is 0 Å².